The third-order valence-corrected chi connectivity index (χ3v) is 2.48. The van der Waals surface area contributed by atoms with Gasteiger partial charge in [0.05, 0.1) is 17.1 Å². The van der Waals surface area contributed by atoms with E-state index in [2.05, 4.69) is 21.2 Å². The van der Waals surface area contributed by atoms with Crippen LogP contribution in [-0.4, -0.2) is 18.8 Å². The molecule has 0 aliphatic heterocycles. The van der Waals surface area contributed by atoms with E-state index in [0.29, 0.717) is 4.47 Å². The summed E-state index contributed by atoms with van der Waals surface area (Å²) in [6, 6.07) is 4.54. The number of hydrogen-bond acceptors (Lipinski definition) is 2. The summed E-state index contributed by atoms with van der Waals surface area (Å²) in [5.74, 6) is -0.295. The molecule has 0 aliphatic carbocycles. The van der Waals surface area contributed by atoms with E-state index in [4.69, 9.17) is 5.11 Å². The van der Waals surface area contributed by atoms with Crippen molar-refractivity contribution in [2.24, 2.45) is 0 Å². The highest BCUT2D eigenvalue weighted by Crippen LogP contribution is 2.20. The highest BCUT2D eigenvalue weighted by atomic mass is 79.9. The first kappa shape index (κ1) is 10.6. The van der Waals surface area contributed by atoms with Crippen LogP contribution in [0.3, 0.4) is 0 Å². The number of aliphatic hydroxyl groups excluding tert-OH is 1. The van der Waals surface area contributed by atoms with E-state index in [1.807, 2.05) is 0 Å². The molecule has 0 heterocycles. The first-order chi connectivity index (χ1) is 6.19. The molecule has 0 saturated carbocycles. The molecule has 0 radical (unpaired) electrons. The predicted molar refractivity (Wildman–Crippen MR) is 53.0 cm³/mol. The third-order valence-electron chi connectivity index (χ3n) is 1.88. The molecule has 0 saturated heterocycles. The fourth-order valence-electron chi connectivity index (χ4n) is 1.09. The fourth-order valence-corrected chi connectivity index (χ4v) is 1.49. The van der Waals surface area contributed by atoms with E-state index in [-0.39, 0.29) is 18.5 Å². The molecule has 0 bridgehead atoms. The minimum atomic E-state index is -0.295. The van der Waals surface area contributed by atoms with Crippen molar-refractivity contribution in [2.45, 2.75) is 6.04 Å². The van der Waals surface area contributed by atoms with Crippen LogP contribution in [0.15, 0.2) is 22.7 Å². The van der Waals surface area contributed by atoms with Crippen molar-refractivity contribution in [3.05, 3.63) is 34.1 Å². The summed E-state index contributed by atoms with van der Waals surface area (Å²) in [6.07, 6.45) is 0. The van der Waals surface area contributed by atoms with Crippen molar-refractivity contribution in [3.8, 4) is 0 Å². The van der Waals surface area contributed by atoms with Gasteiger partial charge in [-0.05, 0) is 40.7 Å². The number of benzene rings is 1. The summed E-state index contributed by atoms with van der Waals surface area (Å²) in [5, 5.41) is 11.9. The number of likely N-dealkylation sites (N-methyl/N-ethyl adjacent to an activating group) is 1. The number of halogens is 2. The van der Waals surface area contributed by atoms with Crippen LogP contribution in [0.1, 0.15) is 11.6 Å². The van der Waals surface area contributed by atoms with Gasteiger partial charge in [-0.25, -0.2) is 4.39 Å². The summed E-state index contributed by atoms with van der Waals surface area (Å²) in [5.41, 5.74) is 0.860. The van der Waals surface area contributed by atoms with Crippen LogP contribution < -0.4 is 5.32 Å². The third kappa shape index (κ3) is 2.49. The van der Waals surface area contributed by atoms with E-state index < -0.39 is 0 Å². The summed E-state index contributed by atoms with van der Waals surface area (Å²) < 4.78 is 13.3. The highest BCUT2D eigenvalue weighted by Gasteiger charge is 2.09. The number of hydrogen-bond donors (Lipinski definition) is 2. The van der Waals surface area contributed by atoms with Crippen LogP contribution in [0.5, 0.6) is 0 Å². The summed E-state index contributed by atoms with van der Waals surface area (Å²) in [7, 11) is 1.75. The quantitative estimate of drug-likeness (QED) is 0.855. The number of nitrogens with one attached hydrogen (secondary N) is 1. The second-order valence-corrected chi connectivity index (χ2v) is 3.55. The van der Waals surface area contributed by atoms with Gasteiger partial charge in [0.15, 0.2) is 0 Å². The molecule has 0 amide bonds. The van der Waals surface area contributed by atoms with Gasteiger partial charge in [-0.15, -0.1) is 0 Å². The lowest BCUT2D eigenvalue weighted by Crippen LogP contribution is -2.19. The fraction of sp³-hybridized carbons (Fsp3) is 0.333. The molecule has 2 N–H and O–H groups in total. The molecule has 0 aromatic heterocycles. The Morgan fingerprint density at radius 3 is 2.77 bits per heavy atom. The van der Waals surface area contributed by atoms with E-state index in [1.54, 1.807) is 19.2 Å². The van der Waals surface area contributed by atoms with Gasteiger partial charge in [-0.1, -0.05) is 6.07 Å². The van der Waals surface area contributed by atoms with Gasteiger partial charge in [-0.3, -0.25) is 0 Å². The standard InChI is InChI=1S/C9H11BrFNO/c1-12-9(5-13)6-2-3-8(11)7(10)4-6/h2-4,9,12-13H,5H2,1H3/t9-/m1/s1. The number of aliphatic hydroxyl groups is 1. The monoisotopic (exact) mass is 247 g/mol. The molecule has 72 valence electrons. The van der Waals surface area contributed by atoms with Gasteiger partial charge in [0.2, 0.25) is 0 Å². The average molecular weight is 248 g/mol. The second-order valence-electron chi connectivity index (χ2n) is 2.70. The van der Waals surface area contributed by atoms with Crippen molar-refractivity contribution < 1.29 is 9.50 Å². The molecule has 0 unspecified atom stereocenters. The summed E-state index contributed by atoms with van der Waals surface area (Å²) >= 11 is 3.09. The van der Waals surface area contributed by atoms with E-state index in [9.17, 15) is 4.39 Å². The van der Waals surface area contributed by atoms with Gasteiger partial charge in [0.25, 0.3) is 0 Å². The maximum absolute atomic E-state index is 12.8. The maximum atomic E-state index is 12.8. The topological polar surface area (TPSA) is 32.3 Å². The van der Waals surface area contributed by atoms with Gasteiger partial charge < -0.3 is 10.4 Å². The van der Waals surface area contributed by atoms with Crippen LogP contribution in [0.4, 0.5) is 4.39 Å². The first-order valence-electron chi connectivity index (χ1n) is 3.92. The second kappa shape index (κ2) is 4.69. The average Bonchev–Trinajstić information content (AvgIpc) is 2.13. The lowest BCUT2D eigenvalue weighted by Gasteiger charge is -2.13. The van der Waals surface area contributed by atoms with E-state index in [1.165, 1.54) is 6.07 Å². The van der Waals surface area contributed by atoms with Crippen molar-refractivity contribution in [2.75, 3.05) is 13.7 Å². The van der Waals surface area contributed by atoms with Crippen molar-refractivity contribution in [1.82, 2.24) is 5.32 Å². The van der Waals surface area contributed by atoms with Crippen LogP contribution >= 0.6 is 15.9 Å². The van der Waals surface area contributed by atoms with Crippen molar-refractivity contribution in [1.29, 1.82) is 0 Å². The van der Waals surface area contributed by atoms with Gasteiger partial charge in [0.1, 0.15) is 5.82 Å². The molecule has 1 aromatic rings. The molecule has 1 atom stereocenters. The molecule has 0 aliphatic rings. The molecular weight excluding hydrogens is 237 g/mol. The summed E-state index contributed by atoms with van der Waals surface area (Å²) in [4.78, 5) is 0. The minimum Gasteiger partial charge on any atom is -0.394 e. The smallest absolute Gasteiger partial charge is 0.137 e. The van der Waals surface area contributed by atoms with E-state index >= 15 is 0 Å². The van der Waals surface area contributed by atoms with E-state index in [0.717, 1.165) is 5.56 Å². The zero-order valence-corrected chi connectivity index (χ0v) is 8.81. The molecule has 4 heteroatoms. The Labute approximate surface area is 84.9 Å². The Morgan fingerprint density at radius 1 is 1.62 bits per heavy atom. The molecule has 1 aromatic carbocycles. The largest absolute Gasteiger partial charge is 0.394 e. The first-order valence-corrected chi connectivity index (χ1v) is 4.71. The van der Waals surface area contributed by atoms with Crippen LogP contribution in [-0.2, 0) is 0 Å². The predicted octanol–water partition coefficient (Wildman–Crippen LogP) is 1.84. The molecule has 13 heavy (non-hydrogen) atoms. The Hall–Kier alpha value is -0.450. The molecule has 0 fully saturated rings. The number of rotatable bonds is 3. The Kier molecular flexibility index (Phi) is 3.84. The Morgan fingerprint density at radius 2 is 2.31 bits per heavy atom. The maximum Gasteiger partial charge on any atom is 0.137 e. The molecule has 2 nitrogen and oxygen atoms in total. The highest BCUT2D eigenvalue weighted by molar-refractivity contribution is 9.10. The van der Waals surface area contributed by atoms with Crippen LogP contribution in [0.25, 0.3) is 0 Å². The van der Waals surface area contributed by atoms with Gasteiger partial charge in [0, 0.05) is 0 Å². The van der Waals surface area contributed by atoms with Crippen molar-refractivity contribution in [3.63, 3.8) is 0 Å². The van der Waals surface area contributed by atoms with Crippen LogP contribution in [0.2, 0.25) is 0 Å². The Balaban J connectivity index is 2.95. The van der Waals surface area contributed by atoms with Crippen LogP contribution in [0, 0.1) is 5.82 Å². The minimum absolute atomic E-state index is 0.00538. The normalized spacial score (nSPS) is 12.9. The molecular formula is C9H11BrFNO. The van der Waals surface area contributed by atoms with Crippen molar-refractivity contribution >= 4 is 15.9 Å². The van der Waals surface area contributed by atoms with Gasteiger partial charge >= 0.3 is 0 Å². The summed E-state index contributed by atoms with van der Waals surface area (Å²) in [6.45, 7) is -0.00538. The zero-order chi connectivity index (χ0) is 9.84. The van der Waals surface area contributed by atoms with Gasteiger partial charge in [-0.2, -0.15) is 0 Å². The zero-order valence-electron chi connectivity index (χ0n) is 7.22. The SMILES string of the molecule is CN[C@H](CO)c1ccc(F)c(Br)c1. The molecule has 1 rings (SSSR count). The molecule has 0 spiro atoms. The lowest BCUT2D eigenvalue weighted by atomic mass is 10.1. The Bertz CT molecular complexity index is 289. The lowest BCUT2D eigenvalue weighted by molar-refractivity contribution is 0.251.